The Balaban J connectivity index is 1.34. The molecule has 0 aliphatic rings. The lowest BCUT2D eigenvalue weighted by molar-refractivity contribution is 0.0950. The van der Waals surface area contributed by atoms with E-state index in [9.17, 15) is 9.59 Å². The van der Waals surface area contributed by atoms with Crippen LogP contribution in [0.4, 0.5) is 0 Å². The van der Waals surface area contributed by atoms with Crippen molar-refractivity contribution in [2.45, 2.75) is 13.1 Å². The molecule has 160 valence electrons. The summed E-state index contributed by atoms with van der Waals surface area (Å²) in [4.78, 5) is 32.8. The van der Waals surface area contributed by atoms with Crippen molar-refractivity contribution >= 4 is 29.0 Å². The zero-order valence-corrected chi connectivity index (χ0v) is 17.3. The van der Waals surface area contributed by atoms with Crippen LogP contribution in [-0.2, 0) is 13.1 Å². The van der Waals surface area contributed by atoms with Crippen LogP contribution >= 0.6 is 12.2 Å². The first-order valence-electron chi connectivity index (χ1n) is 9.61. The summed E-state index contributed by atoms with van der Waals surface area (Å²) in [7, 11) is 0. The fourth-order valence-electron chi connectivity index (χ4n) is 3.25. The summed E-state index contributed by atoms with van der Waals surface area (Å²) < 4.78 is 12.2. The highest BCUT2D eigenvalue weighted by Gasteiger charge is 2.13. The van der Waals surface area contributed by atoms with Crippen molar-refractivity contribution in [1.29, 1.82) is 0 Å². The number of rotatable bonds is 6. The van der Waals surface area contributed by atoms with Crippen molar-refractivity contribution < 1.29 is 13.6 Å². The molecular weight excluding hydrogens is 432 g/mol. The monoisotopic (exact) mass is 448 g/mol. The van der Waals surface area contributed by atoms with Crippen molar-refractivity contribution in [3.8, 4) is 11.6 Å². The van der Waals surface area contributed by atoms with Gasteiger partial charge < -0.3 is 19.1 Å². The Morgan fingerprint density at radius 3 is 2.78 bits per heavy atom. The molecule has 0 fully saturated rings. The van der Waals surface area contributed by atoms with Crippen LogP contribution in [0.25, 0.3) is 22.5 Å². The highest BCUT2D eigenvalue weighted by molar-refractivity contribution is 7.71. The third-order valence-electron chi connectivity index (χ3n) is 4.83. The Morgan fingerprint density at radius 1 is 1.16 bits per heavy atom. The fraction of sp³-hybridized carbons (Fsp3) is 0.0952. The molecule has 1 aromatic carbocycles. The minimum atomic E-state index is -0.332. The molecule has 0 aliphatic heterocycles. The number of benzene rings is 1. The summed E-state index contributed by atoms with van der Waals surface area (Å²) in [6.45, 7) is 0.363. The van der Waals surface area contributed by atoms with Gasteiger partial charge in [-0.05, 0) is 54.7 Å². The van der Waals surface area contributed by atoms with Gasteiger partial charge in [0.2, 0.25) is 5.82 Å². The predicted octanol–water partition coefficient (Wildman–Crippen LogP) is 3.01. The number of carbonyl (C=O) groups is 1. The number of H-pyrrole nitrogens is 2. The van der Waals surface area contributed by atoms with Crippen molar-refractivity contribution in [2.24, 2.45) is 0 Å². The number of fused-ring (bicyclic) bond motifs is 1. The van der Waals surface area contributed by atoms with Gasteiger partial charge >= 0.3 is 0 Å². The Hall–Kier alpha value is -4.25. The maximum Gasteiger partial charge on any atom is 0.262 e. The molecule has 10 nitrogen and oxygen atoms in total. The van der Waals surface area contributed by atoms with E-state index in [1.165, 1.54) is 17.1 Å². The molecule has 0 spiro atoms. The van der Waals surface area contributed by atoms with Gasteiger partial charge in [-0.2, -0.15) is 0 Å². The first-order chi connectivity index (χ1) is 15.6. The van der Waals surface area contributed by atoms with Gasteiger partial charge in [0.15, 0.2) is 10.5 Å². The number of amides is 1. The summed E-state index contributed by atoms with van der Waals surface area (Å²) >= 11 is 5.34. The number of carbonyl (C=O) groups excluding carboxylic acids is 1. The summed E-state index contributed by atoms with van der Waals surface area (Å²) in [5.41, 5.74) is 0.583. The highest BCUT2D eigenvalue weighted by atomic mass is 32.1. The summed E-state index contributed by atoms with van der Waals surface area (Å²) in [5.74, 6) is 1.70. The van der Waals surface area contributed by atoms with E-state index < -0.39 is 0 Å². The van der Waals surface area contributed by atoms with Crippen molar-refractivity contribution in [2.75, 3.05) is 0 Å². The van der Waals surface area contributed by atoms with Gasteiger partial charge in [0.05, 0.1) is 36.5 Å². The molecule has 32 heavy (non-hydrogen) atoms. The quantitative estimate of drug-likeness (QED) is 0.340. The number of hydrogen-bond acceptors (Lipinski definition) is 7. The topological polar surface area (TPSA) is 135 Å². The van der Waals surface area contributed by atoms with Crippen molar-refractivity contribution in [3.63, 3.8) is 0 Å². The minimum absolute atomic E-state index is 0.144. The lowest BCUT2D eigenvalue weighted by Crippen LogP contribution is -2.25. The molecular formula is C21H16N6O4S. The maximum absolute atomic E-state index is 12.9. The Morgan fingerprint density at radius 2 is 2.00 bits per heavy atom. The molecule has 4 heterocycles. The smallest absolute Gasteiger partial charge is 0.262 e. The Kier molecular flexibility index (Phi) is 5.00. The summed E-state index contributed by atoms with van der Waals surface area (Å²) in [6.07, 6.45) is 3.07. The molecule has 0 aliphatic carbocycles. The second kappa shape index (κ2) is 8.12. The summed E-state index contributed by atoms with van der Waals surface area (Å²) in [6, 6.07) is 11.8. The summed E-state index contributed by atoms with van der Waals surface area (Å²) in [5, 5.41) is 10.0. The molecule has 0 radical (unpaired) electrons. The lowest BCUT2D eigenvalue weighted by atomic mass is 10.1. The van der Waals surface area contributed by atoms with Gasteiger partial charge in [-0.3, -0.25) is 19.3 Å². The predicted molar refractivity (Wildman–Crippen MR) is 116 cm³/mol. The van der Waals surface area contributed by atoms with Crippen LogP contribution in [0.5, 0.6) is 0 Å². The first kappa shape index (κ1) is 19.7. The molecule has 5 rings (SSSR count). The van der Waals surface area contributed by atoms with Crippen LogP contribution in [-0.4, -0.2) is 30.6 Å². The fourth-order valence-corrected chi connectivity index (χ4v) is 3.51. The Labute approximate surface area is 184 Å². The largest absolute Gasteiger partial charge is 0.467 e. The third kappa shape index (κ3) is 3.76. The van der Waals surface area contributed by atoms with Crippen LogP contribution in [0.15, 0.2) is 68.6 Å². The van der Waals surface area contributed by atoms with Gasteiger partial charge in [-0.25, -0.2) is 4.98 Å². The maximum atomic E-state index is 12.9. The molecule has 4 aromatic heterocycles. The number of nitrogens with one attached hydrogen (secondary N) is 3. The molecule has 0 unspecified atom stereocenters. The van der Waals surface area contributed by atoms with Crippen LogP contribution in [0, 0.1) is 4.77 Å². The van der Waals surface area contributed by atoms with E-state index in [-0.39, 0.29) is 29.3 Å². The first-order valence-corrected chi connectivity index (χ1v) is 10.0. The van der Waals surface area contributed by atoms with E-state index in [4.69, 9.17) is 21.1 Å². The van der Waals surface area contributed by atoms with E-state index in [1.54, 1.807) is 42.5 Å². The standard InChI is InChI=1S/C21H16N6O4S/c28-19(22-10-17-24-18(26-25-17)16-4-2-8-31-16)12-5-6-14-15(9-12)23-21(32)27(20(14)29)11-13-3-1-7-30-13/h1-9H,10-11H2,(H,22,28)(H,23,32)(H,24,25,26). The van der Waals surface area contributed by atoms with Gasteiger partial charge in [0.1, 0.15) is 11.6 Å². The van der Waals surface area contributed by atoms with E-state index in [1.807, 2.05) is 0 Å². The molecule has 1 amide bonds. The average molecular weight is 448 g/mol. The second-order valence-electron chi connectivity index (χ2n) is 6.93. The SMILES string of the molecule is O=C(NCc1nc(-c2ccco2)n[nH]1)c1ccc2c(=O)n(Cc3ccco3)c(=S)[nH]c2c1. The van der Waals surface area contributed by atoms with E-state index in [0.717, 1.165) is 0 Å². The minimum Gasteiger partial charge on any atom is -0.467 e. The van der Waals surface area contributed by atoms with Gasteiger partial charge in [-0.15, -0.1) is 5.10 Å². The van der Waals surface area contributed by atoms with Crippen LogP contribution in [0.3, 0.4) is 0 Å². The number of nitrogens with zero attached hydrogens (tertiary/aromatic N) is 3. The third-order valence-corrected chi connectivity index (χ3v) is 5.15. The van der Waals surface area contributed by atoms with Crippen LogP contribution in [0.2, 0.25) is 0 Å². The highest BCUT2D eigenvalue weighted by Crippen LogP contribution is 2.15. The van der Waals surface area contributed by atoms with Crippen LogP contribution in [0.1, 0.15) is 21.9 Å². The van der Waals surface area contributed by atoms with E-state index in [0.29, 0.717) is 39.6 Å². The van der Waals surface area contributed by atoms with Crippen molar-refractivity contribution in [1.82, 2.24) is 30.0 Å². The number of hydrogen-bond donors (Lipinski definition) is 3. The van der Waals surface area contributed by atoms with E-state index >= 15 is 0 Å². The normalized spacial score (nSPS) is 11.1. The number of aromatic amines is 2. The van der Waals surface area contributed by atoms with Gasteiger partial charge in [-0.1, -0.05) is 0 Å². The molecule has 5 aromatic rings. The number of aromatic nitrogens is 5. The zero-order valence-electron chi connectivity index (χ0n) is 16.5. The molecule has 0 saturated heterocycles. The molecule has 3 N–H and O–H groups in total. The lowest BCUT2D eigenvalue weighted by Gasteiger charge is -2.08. The molecule has 11 heteroatoms. The Bertz CT molecular complexity index is 1510. The van der Waals surface area contributed by atoms with Gasteiger partial charge in [0, 0.05) is 5.56 Å². The molecule has 0 saturated carbocycles. The zero-order chi connectivity index (χ0) is 22.1. The van der Waals surface area contributed by atoms with Gasteiger partial charge in [0.25, 0.3) is 11.5 Å². The number of furan rings is 2. The van der Waals surface area contributed by atoms with Crippen LogP contribution < -0.4 is 10.9 Å². The average Bonchev–Trinajstić information content (AvgIpc) is 3.57. The second-order valence-corrected chi connectivity index (χ2v) is 7.31. The molecule has 0 bridgehead atoms. The molecule has 0 atom stereocenters. The van der Waals surface area contributed by atoms with Crippen molar-refractivity contribution in [3.05, 3.63) is 87.3 Å². The van der Waals surface area contributed by atoms with E-state index in [2.05, 4.69) is 25.5 Å².